The normalized spacial score (nSPS) is 16.7. The third-order valence-corrected chi connectivity index (χ3v) is 4.31. The van der Waals surface area contributed by atoms with Crippen molar-refractivity contribution in [2.45, 2.75) is 19.8 Å². The number of nitrogens with one attached hydrogen (secondary N) is 1. The maximum atomic E-state index is 12.1. The number of piperidine rings is 1. The Hall–Kier alpha value is -1.59. The van der Waals surface area contributed by atoms with Crippen LogP contribution in [0.15, 0.2) is 18.2 Å². The van der Waals surface area contributed by atoms with Crippen molar-refractivity contribution in [1.82, 2.24) is 4.90 Å². The molecule has 5 nitrogen and oxygen atoms in total. The van der Waals surface area contributed by atoms with Gasteiger partial charge in [-0.1, -0.05) is 17.7 Å². The van der Waals surface area contributed by atoms with Crippen LogP contribution in [-0.4, -0.2) is 36.3 Å². The Morgan fingerprint density at radius 3 is 2.67 bits per heavy atom. The summed E-state index contributed by atoms with van der Waals surface area (Å²) in [5.41, 5.74) is 6.89. The summed E-state index contributed by atoms with van der Waals surface area (Å²) in [5.74, 6) is -0.369. The number of benzene rings is 1. The second-order valence-electron chi connectivity index (χ2n) is 5.41. The average Bonchev–Trinajstić information content (AvgIpc) is 2.44. The Kier molecular flexibility index (Phi) is 5.20. The molecule has 1 fully saturated rings. The van der Waals surface area contributed by atoms with Crippen LogP contribution in [0, 0.1) is 12.8 Å². The number of hydrogen-bond acceptors (Lipinski definition) is 3. The molecule has 1 aliphatic heterocycles. The summed E-state index contributed by atoms with van der Waals surface area (Å²) in [6.45, 7) is 3.62. The van der Waals surface area contributed by atoms with E-state index in [1.807, 2.05) is 24.0 Å². The molecule has 0 bridgehead atoms. The lowest BCUT2D eigenvalue weighted by atomic mass is 9.96. The van der Waals surface area contributed by atoms with Gasteiger partial charge in [-0.3, -0.25) is 14.5 Å². The molecule has 0 aromatic heterocycles. The van der Waals surface area contributed by atoms with Gasteiger partial charge in [-0.25, -0.2) is 0 Å². The number of hydrogen-bond donors (Lipinski definition) is 2. The smallest absolute Gasteiger partial charge is 0.238 e. The lowest BCUT2D eigenvalue weighted by Gasteiger charge is -2.29. The van der Waals surface area contributed by atoms with Crippen LogP contribution in [0.2, 0.25) is 5.02 Å². The number of amides is 2. The van der Waals surface area contributed by atoms with Crippen LogP contribution >= 0.6 is 11.6 Å². The summed E-state index contributed by atoms with van der Waals surface area (Å²) < 4.78 is 0. The Morgan fingerprint density at radius 2 is 2.05 bits per heavy atom. The number of carbonyl (C=O) groups excluding carboxylic acids is 2. The molecule has 0 unspecified atom stereocenters. The van der Waals surface area contributed by atoms with Gasteiger partial charge in [-0.15, -0.1) is 0 Å². The quantitative estimate of drug-likeness (QED) is 0.890. The van der Waals surface area contributed by atoms with Gasteiger partial charge in [0.2, 0.25) is 11.8 Å². The lowest BCUT2D eigenvalue weighted by Crippen LogP contribution is -2.42. The van der Waals surface area contributed by atoms with Crippen molar-refractivity contribution in [2.75, 3.05) is 25.0 Å². The second-order valence-corrected chi connectivity index (χ2v) is 5.82. The minimum Gasteiger partial charge on any atom is -0.369 e. The van der Waals surface area contributed by atoms with Gasteiger partial charge < -0.3 is 11.1 Å². The Morgan fingerprint density at radius 1 is 1.38 bits per heavy atom. The van der Waals surface area contributed by atoms with Gasteiger partial charge in [0.15, 0.2) is 0 Å². The molecule has 2 amide bonds. The summed E-state index contributed by atoms with van der Waals surface area (Å²) in [4.78, 5) is 25.2. The second kappa shape index (κ2) is 6.91. The first kappa shape index (κ1) is 15.8. The molecule has 1 aromatic carbocycles. The van der Waals surface area contributed by atoms with Crippen molar-refractivity contribution < 1.29 is 9.59 Å². The minimum absolute atomic E-state index is 0.0560. The SMILES string of the molecule is Cc1c(Cl)cccc1NC(=O)CN1CCC(C(N)=O)CC1. The van der Waals surface area contributed by atoms with Crippen molar-refractivity contribution in [3.63, 3.8) is 0 Å². The first-order valence-corrected chi connectivity index (χ1v) is 7.42. The molecule has 6 heteroatoms. The van der Waals surface area contributed by atoms with Crippen molar-refractivity contribution in [2.24, 2.45) is 11.7 Å². The van der Waals surface area contributed by atoms with E-state index in [9.17, 15) is 9.59 Å². The minimum atomic E-state index is -0.242. The molecule has 0 spiro atoms. The molecule has 1 saturated heterocycles. The highest BCUT2D eigenvalue weighted by atomic mass is 35.5. The molecule has 21 heavy (non-hydrogen) atoms. The Labute approximate surface area is 129 Å². The van der Waals surface area contributed by atoms with Gasteiger partial charge in [0.25, 0.3) is 0 Å². The Bertz CT molecular complexity index is 540. The standard InChI is InChI=1S/C15H20ClN3O2/c1-10-12(16)3-2-4-13(10)18-14(20)9-19-7-5-11(6-8-19)15(17)21/h2-4,11H,5-9H2,1H3,(H2,17,21)(H,18,20). The van der Waals surface area contributed by atoms with Crippen molar-refractivity contribution in [1.29, 1.82) is 0 Å². The third-order valence-electron chi connectivity index (χ3n) is 3.90. The number of rotatable bonds is 4. The summed E-state index contributed by atoms with van der Waals surface area (Å²) in [7, 11) is 0. The first-order chi connectivity index (χ1) is 9.97. The largest absolute Gasteiger partial charge is 0.369 e. The zero-order valence-electron chi connectivity index (χ0n) is 12.1. The average molecular weight is 310 g/mol. The fourth-order valence-electron chi connectivity index (χ4n) is 2.51. The van der Waals surface area contributed by atoms with Crippen LogP contribution in [0.5, 0.6) is 0 Å². The molecule has 0 atom stereocenters. The van der Waals surface area contributed by atoms with E-state index in [0.717, 1.165) is 37.2 Å². The first-order valence-electron chi connectivity index (χ1n) is 7.04. The van der Waals surface area contributed by atoms with Crippen LogP contribution < -0.4 is 11.1 Å². The predicted octanol–water partition coefficient (Wildman–Crippen LogP) is 1.78. The molecule has 2 rings (SSSR count). The zero-order chi connectivity index (χ0) is 15.4. The van der Waals surface area contributed by atoms with Gasteiger partial charge in [-0.2, -0.15) is 0 Å². The Balaban J connectivity index is 1.86. The molecule has 0 aliphatic carbocycles. The van der Waals surface area contributed by atoms with E-state index >= 15 is 0 Å². The monoisotopic (exact) mass is 309 g/mol. The van der Waals surface area contributed by atoms with E-state index in [-0.39, 0.29) is 17.7 Å². The number of nitrogens with zero attached hydrogens (tertiary/aromatic N) is 1. The predicted molar refractivity (Wildman–Crippen MR) is 83.2 cm³/mol. The van der Waals surface area contributed by atoms with E-state index in [1.165, 1.54) is 0 Å². The number of nitrogens with two attached hydrogens (primary N) is 1. The number of likely N-dealkylation sites (tertiary alicyclic amines) is 1. The maximum absolute atomic E-state index is 12.1. The van der Waals surface area contributed by atoms with Crippen LogP contribution in [0.1, 0.15) is 18.4 Å². The molecule has 114 valence electrons. The van der Waals surface area contributed by atoms with Gasteiger partial charge in [0.1, 0.15) is 0 Å². The van der Waals surface area contributed by atoms with Gasteiger partial charge >= 0.3 is 0 Å². The molecule has 0 saturated carbocycles. The van der Waals surface area contributed by atoms with Gasteiger partial charge in [0.05, 0.1) is 6.54 Å². The molecular weight excluding hydrogens is 290 g/mol. The maximum Gasteiger partial charge on any atom is 0.238 e. The molecule has 3 N–H and O–H groups in total. The summed E-state index contributed by atoms with van der Waals surface area (Å²) in [5, 5.41) is 3.51. The van der Waals surface area contributed by atoms with Crippen LogP contribution in [-0.2, 0) is 9.59 Å². The lowest BCUT2D eigenvalue weighted by molar-refractivity contribution is -0.123. The highest BCUT2D eigenvalue weighted by Crippen LogP contribution is 2.23. The number of halogens is 1. The number of anilines is 1. The van der Waals surface area contributed by atoms with E-state index in [1.54, 1.807) is 6.07 Å². The molecule has 0 radical (unpaired) electrons. The zero-order valence-corrected chi connectivity index (χ0v) is 12.8. The van der Waals surface area contributed by atoms with Crippen LogP contribution in [0.4, 0.5) is 5.69 Å². The fourth-order valence-corrected chi connectivity index (χ4v) is 2.69. The molecule has 1 aromatic rings. The topological polar surface area (TPSA) is 75.4 Å². The van der Waals surface area contributed by atoms with Crippen molar-refractivity contribution in [3.05, 3.63) is 28.8 Å². The third kappa shape index (κ3) is 4.19. The molecule has 1 heterocycles. The van der Waals surface area contributed by atoms with E-state index < -0.39 is 0 Å². The highest BCUT2D eigenvalue weighted by molar-refractivity contribution is 6.31. The van der Waals surface area contributed by atoms with Crippen molar-refractivity contribution in [3.8, 4) is 0 Å². The summed E-state index contributed by atoms with van der Waals surface area (Å²) in [6, 6.07) is 5.43. The van der Waals surface area contributed by atoms with Crippen molar-refractivity contribution >= 4 is 29.1 Å². The summed E-state index contributed by atoms with van der Waals surface area (Å²) in [6.07, 6.45) is 1.44. The van der Waals surface area contributed by atoms with Crippen LogP contribution in [0.3, 0.4) is 0 Å². The van der Waals surface area contributed by atoms with E-state index in [4.69, 9.17) is 17.3 Å². The van der Waals surface area contributed by atoms with E-state index in [2.05, 4.69) is 5.32 Å². The summed E-state index contributed by atoms with van der Waals surface area (Å²) >= 11 is 6.03. The van der Waals surface area contributed by atoms with Gasteiger partial charge in [-0.05, 0) is 50.6 Å². The highest BCUT2D eigenvalue weighted by Gasteiger charge is 2.24. The van der Waals surface area contributed by atoms with Crippen LogP contribution in [0.25, 0.3) is 0 Å². The fraction of sp³-hybridized carbons (Fsp3) is 0.467. The van der Waals surface area contributed by atoms with E-state index in [0.29, 0.717) is 11.6 Å². The van der Waals surface area contributed by atoms with Gasteiger partial charge in [0, 0.05) is 16.6 Å². The number of primary amides is 1. The number of carbonyl (C=O) groups is 2. The molecule has 1 aliphatic rings. The molecular formula is C15H20ClN3O2.